The van der Waals surface area contributed by atoms with Crippen molar-refractivity contribution in [1.29, 1.82) is 5.26 Å². The Labute approximate surface area is 119 Å². The Bertz CT molecular complexity index is 755. The highest BCUT2D eigenvalue weighted by molar-refractivity contribution is 5.82. The van der Waals surface area contributed by atoms with E-state index in [1.807, 2.05) is 42.5 Å². The summed E-state index contributed by atoms with van der Waals surface area (Å²) < 4.78 is 0. The van der Waals surface area contributed by atoms with Gasteiger partial charge in [-0.15, -0.1) is 0 Å². The van der Waals surface area contributed by atoms with Crippen LogP contribution in [0, 0.1) is 11.3 Å². The van der Waals surface area contributed by atoms with Gasteiger partial charge in [-0.05, 0) is 23.8 Å². The van der Waals surface area contributed by atoms with Gasteiger partial charge >= 0.3 is 0 Å². The zero-order valence-corrected chi connectivity index (χ0v) is 10.4. The summed E-state index contributed by atoms with van der Waals surface area (Å²) in [5.41, 5.74) is 4.08. The minimum absolute atomic E-state index is 0. The maximum Gasteiger partial charge on any atom is 0.0709 e. The number of nitrogens with zero attached hydrogens (tertiary/aromatic N) is 2. The number of fused-ring (bicyclic) bond motifs is 1. The van der Waals surface area contributed by atoms with E-state index in [1.165, 1.54) is 0 Å². The molecule has 0 N–H and O–H groups in total. The highest BCUT2D eigenvalue weighted by Crippen LogP contribution is 2.21. The van der Waals surface area contributed by atoms with E-state index in [4.69, 9.17) is 5.26 Å². The molecular weight excluding hydrogens is 244 g/mol. The summed E-state index contributed by atoms with van der Waals surface area (Å²) >= 11 is 0. The quantitative estimate of drug-likeness (QED) is 0.675. The highest BCUT2D eigenvalue weighted by Gasteiger charge is 2.02. The number of rotatable bonds is 2. The van der Waals surface area contributed by atoms with Crippen LogP contribution >= 0.6 is 0 Å². The van der Waals surface area contributed by atoms with Crippen molar-refractivity contribution < 1.29 is 0 Å². The van der Waals surface area contributed by atoms with Crippen molar-refractivity contribution in [2.45, 2.75) is 13.8 Å². The fraction of sp³-hybridized carbons (Fsp3) is 0.111. The molecule has 3 aromatic rings. The molecule has 0 unspecified atom stereocenters. The van der Waals surface area contributed by atoms with Gasteiger partial charge in [0.05, 0.1) is 23.7 Å². The van der Waals surface area contributed by atoms with Crippen LogP contribution in [0.1, 0.15) is 13.0 Å². The van der Waals surface area contributed by atoms with Gasteiger partial charge in [-0.2, -0.15) is 5.26 Å². The Balaban J connectivity index is 0.00000147. The van der Waals surface area contributed by atoms with Crippen LogP contribution < -0.4 is 0 Å². The molecule has 0 aliphatic heterocycles. The predicted octanol–water partition coefficient (Wildman–Crippen LogP) is 4.60. The molecule has 0 aliphatic carbocycles. The van der Waals surface area contributed by atoms with Crippen molar-refractivity contribution in [3.63, 3.8) is 0 Å². The summed E-state index contributed by atoms with van der Waals surface area (Å²) in [4.78, 5) is 4.66. The number of pyridine rings is 1. The topological polar surface area (TPSA) is 36.7 Å². The van der Waals surface area contributed by atoms with Gasteiger partial charge in [0.2, 0.25) is 0 Å². The van der Waals surface area contributed by atoms with Crippen molar-refractivity contribution in [3.8, 4) is 17.3 Å². The molecule has 0 atom stereocenters. The van der Waals surface area contributed by atoms with Crippen LogP contribution in [0.25, 0.3) is 22.2 Å². The summed E-state index contributed by atoms with van der Waals surface area (Å²) in [6.45, 7) is 0. The van der Waals surface area contributed by atoms with Crippen LogP contribution in [-0.2, 0) is 6.42 Å². The largest absolute Gasteiger partial charge is 0.248 e. The fourth-order valence-electron chi connectivity index (χ4n) is 2.15. The van der Waals surface area contributed by atoms with Crippen LogP contribution in [0.5, 0.6) is 0 Å². The third-order valence-electron chi connectivity index (χ3n) is 3.11. The second-order valence-electron chi connectivity index (χ2n) is 4.42. The van der Waals surface area contributed by atoms with Crippen molar-refractivity contribution in [2.24, 2.45) is 0 Å². The summed E-state index contributed by atoms with van der Waals surface area (Å²) in [7, 11) is 0. The maximum absolute atomic E-state index is 8.72. The lowest BCUT2D eigenvalue weighted by molar-refractivity contribution is 1.27. The van der Waals surface area contributed by atoms with E-state index < -0.39 is 0 Å². The maximum atomic E-state index is 8.72. The van der Waals surface area contributed by atoms with Crippen molar-refractivity contribution in [2.75, 3.05) is 0 Å². The molecule has 20 heavy (non-hydrogen) atoms. The second kappa shape index (κ2) is 5.99. The average Bonchev–Trinajstić information content (AvgIpc) is 2.48. The fourth-order valence-corrected chi connectivity index (χ4v) is 2.15. The van der Waals surface area contributed by atoms with Gasteiger partial charge in [0.25, 0.3) is 0 Å². The third kappa shape index (κ3) is 2.67. The van der Waals surface area contributed by atoms with E-state index in [2.05, 4.69) is 29.3 Å². The zero-order valence-electron chi connectivity index (χ0n) is 10.4. The lowest BCUT2D eigenvalue weighted by atomic mass is 10.1. The molecule has 0 radical (unpaired) electrons. The number of hydrogen-bond donors (Lipinski definition) is 0. The van der Waals surface area contributed by atoms with E-state index in [-0.39, 0.29) is 7.43 Å². The lowest BCUT2D eigenvalue weighted by Gasteiger charge is -2.04. The molecule has 0 aliphatic rings. The van der Waals surface area contributed by atoms with Gasteiger partial charge in [0.1, 0.15) is 0 Å². The highest BCUT2D eigenvalue weighted by atomic mass is 14.7. The third-order valence-corrected chi connectivity index (χ3v) is 3.11. The van der Waals surface area contributed by atoms with Crippen molar-refractivity contribution in [3.05, 3.63) is 66.2 Å². The first kappa shape index (κ1) is 13.8. The van der Waals surface area contributed by atoms with E-state index in [0.29, 0.717) is 6.42 Å². The standard InChI is InChI=1S/C17H12N2.CH4/c18-11-10-13-6-8-17-15(12-13)7-9-16(19-17)14-4-2-1-3-5-14;/h1-9,12H,10H2;1H4. The van der Waals surface area contributed by atoms with Gasteiger partial charge < -0.3 is 0 Å². The van der Waals surface area contributed by atoms with Gasteiger partial charge in [0.15, 0.2) is 0 Å². The number of hydrogen-bond acceptors (Lipinski definition) is 2. The summed E-state index contributed by atoms with van der Waals surface area (Å²) in [6, 6.07) is 22.4. The molecule has 0 amide bonds. The molecular formula is C18H16N2. The van der Waals surface area contributed by atoms with Gasteiger partial charge in [-0.1, -0.05) is 49.9 Å². The van der Waals surface area contributed by atoms with Crippen LogP contribution in [0.2, 0.25) is 0 Å². The Morgan fingerprint density at radius 3 is 2.50 bits per heavy atom. The van der Waals surface area contributed by atoms with Crippen molar-refractivity contribution >= 4 is 10.9 Å². The van der Waals surface area contributed by atoms with E-state index in [1.54, 1.807) is 0 Å². The average molecular weight is 260 g/mol. The molecule has 2 heteroatoms. The molecule has 2 nitrogen and oxygen atoms in total. The number of aromatic nitrogens is 1. The predicted molar refractivity (Wildman–Crippen MR) is 83.2 cm³/mol. The second-order valence-corrected chi connectivity index (χ2v) is 4.42. The molecule has 0 bridgehead atoms. The molecule has 0 saturated heterocycles. The Morgan fingerprint density at radius 2 is 1.75 bits per heavy atom. The Morgan fingerprint density at radius 1 is 0.950 bits per heavy atom. The number of nitriles is 1. The molecule has 1 heterocycles. The molecule has 2 aromatic carbocycles. The molecule has 0 fully saturated rings. The smallest absolute Gasteiger partial charge is 0.0709 e. The minimum Gasteiger partial charge on any atom is -0.248 e. The normalized spacial score (nSPS) is 9.75. The van der Waals surface area contributed by atoms with Gasteiger partial charge in [-0.25, -0.2) is 4.98 Å². The van der Waals surface area contributed by atoms with E-state index in [0.717, 1.165) is 27.7 Å². The Kier molecular flexibility index (Phi) is 4.12. The lowest BCUT2D eigenvalue weighted by Crippen LogP contribution is -1.87. The molecule has 3 rings (SSSR count). The molecule has 1 aromatic heterocycles. The SMILES string of the molecule is C.N#CCc1ccc2nc(-c3ccccc3)ccc2c1. The van der Waals surface area contributed by atoms with Crippen LogP contribution in [0.15, 0.2) is 60.7 Å². The first-order valence-electron chi connectivity index (χ1n) is 6.19. The first-order valence-corrected chi connectivity index (χ1v) is 6.19. The van der Waals surface area contributed by atoms with E-state index >= 15 is 0 Å². The van der Waals surface area contributed by atoms with Crippen LogP contribution in [0.4, 0.5) is 0 Å². The molecule has 0 spiro atoms. The monoisotopic (exact) mass is 260 g/mol. The van der Waals surface area contributed by atoms with Crippen LogP contribution in [0.3, 0.4) is 0 Å². The Hall–Kier alpha value is -2.66. The molecule has 0 saturated carbocycles. The first-order chi connectivity index (χ1) is 9.36. The van der Waals surface area contributed by atoms with Gasteiger partial charge in [0, 0.05) is 10.9 Å². The zero-order chi connectivity index (χ0) is 13.1. The summed E-state index contributed by atoms with van der Waals surface area (Å²) in [5.74, 6) is 0. The van der Waals surface area contributed by atoms with Gasteiger partial charge in [-0.3, -0.25) is 0 Å². The summed E-state index contributed by atoms with van der Waals surface area (Å²) in [6.07, 6.45) is 0.441. The van der Waals surface area contributed by atoms with Crippen molar-refractivity contribution in [1.82, 2.24) is 4.98 Å². The number of benzene rings is 2. The molecule has 98 valence electrons. The van der Waals surface area contributed by atoms with Crippen LogP contribution in [-0.4, -0.2) is 4.98 Å². The minimum atomic E-state index is 0. The summed E-state index contributed by atoms with van der Waals surface area (Å²) in [5, 5.41) is 9.80. The van der Waals surface area contributed by atoms with E-state index in [9.17, 15) is 0 Å².